The molecule has 2 unspecified atom stereocenters. The van der Waals surface area contributed by atoms with Crippen LogP contribution in [0.1, 0.15) is 41.0 Å². The van der Waals surface area contributed by atoms with Crippen molar-refractivity contribution in [2.24, 2.45) is 5.92 Å². The second kappa shape index (κ2) is 4.90. The third-order valence-corrected chi connectivity index (χ3v) is 3.12. The number of nitrogens with zero attached hydrogens (tertiary/aromatic N) is 1. The molecule has 1 aliphatic rings. The molecule has 18 heavy (non-hydrogen) atoms. The van der Waals surface area contributed by atoms with E-state index in [1.807, 2.05) is 6.92 Å². The van der Waals surface area contributed by atoms with Crippen LogP contribution in [-0.4, -0.2) is 34.5 Å². The summed E-state index contributed by atoms with van der Waals surface area (Å²) in [4.78, 5) is 25.4. The van der Waals surface area contributed by atoms with Gasteiger partial charge in [-0.15, -0.1) is 0 Å². The molecule has 2 rings (SSSR count). The molecule has 1 aromatic carbocycles. The second-order valence-corrected chi connectivity index (χ2v) is 4.96. The third-order valence-electron chi connectivity index (χ3n) is 3.12. The lowest BCUT2D eigenvalue weighted by atomic mass is 10.0. The van der Waals surface area contributed by atoms with Crippen LogP contribution in [0.5, 0.6) is 0 Å². The summed E-state index contributed by atoms with van der Waals surface area (Å²) < 4.78 is 0. The van der Waals surface area contributed by atoms with E-state index in [0.717, 1.165) is 0 Å². The maximum atomic E-state index is 12.1. The van der Waals surface area contributed by atoms with Gasteiger partial charge in [-0.3, -0.25) is 14.5 Å². The minimum absolute atomic E-state index is 0.0900. The molecule has 0 aromatic heterocycles. The molecular formula is C14H17NO3. The lowest BCUT2D eigenvalue weighted by Gasteiger charge is -2.20. The fourth-order valence-electron chi connectivity index (χ4n) is 2.37. The number of hydrogen-bond acceptors (Lipinski definition) is 3. The molecule has 1 aromatic rings. The minimum atomic E-state index is -0.421. The SMILES string of the molecule is CC(O)CC(C)CN1C(=O)c2ccccc2C1=O. The van der Waals surface area contributed by atoms with E-state index in [0.29, 0.717) is 24.1 Å². The van der Waals surface area contributed by atoms with E-state index < -0.39 is 6.10 Å². The van der Waals surface area contributed by atoms with Crippen molar-refractivity contribution in [2.75, 3.05) is 6.54 Å². The van der Waals surface area contributed by atoms with Gasteiger partial charge in [0.25, 0.3) is 11.8 Å². The zero-order valence-corrected chi connectivity index (χ0v) is 10.6. The Bertz CT molecular complexity index is 447. The van der Waals surface area contributed by atoms with Gasteiger partial charge in [-0.05, 0) is 31.4 Å². The van der Waals surface area contributed by atoms with Gasteiger partial charge in [0.2, 0.25) is 0 Å². The molecule has 4 nitrogen and oxygen atoms in total. The van der Waals surface area contributed by atoms with E-state index in [1.54, 1.807) is 31.2 Å². The van der Waals surface area contributed by atoms with Crippen molar-refractivity contribution in [2.45, 2.75) is 26.4 Å². The number of aliphatic hydroxyl groups excluding tert-OH is 1. The molecule has 0 aliphatic carbocycles. The fourth-order valence-corrected chi connectivity index (χ4v) is 2.37. The van der Waals surface area contributed by atoms with Crippen molar-refractivity contribution in [1.29, 1.82) is 0 Å². The number of imide groups is 1. The molecule has 0 saturated carbocycles. The molecule has 0 fully saturated rings. The first-order valence-corrected chi connectivity index (χ1v) is 6.14. The van der Waals surface area contributed by atoms with Gasteiger partial charge < -0.3 is 5.11 Å². The van der Waals surface area contributed by atoms with Crippen LogP contribution in [-0.2, 0) is 0 Å². The molecule has 0 radical (unpaired) electrons. The van der Waals surface area contributed by atoms with Crippen molar-refractivity contribution in [3.05, 3.63) is 35.4 Å². The van der Waals surface area contributed by atoms with Crippen LogP contribution in [0, 0.1) is 5.92 Å². The molecule has 0 bridgehead atoms. The van der Waals surface area contributed by atoms with Crippen LogP contribution < -0.4 is 0 Å². The maximum Gasteiger partial charge on any atom is 0.261 e. The van der Waals surface area contributed by atoms with Crippen molar-refractivity contribution < 1.29 is 14.7 Å². The smallest absolute Gasteiger partial charge is 0.261 e. The number of rotatable bonds is 4. The van der Waals surface area contributed by atoms with Crippen molar-refractivity contribution in [3.8, 4) is 0 Å². The van der Waals surface area contributed by atoms with Crippen LogP contribution in [0.4, 0.5) is 0 Å². The number of hydrogen-bond donors (Lipinski definition) is 1. The number of amides is 2. The summed E-state index contributed by atoms with van der Waals surface area (Å²) >= 11 is 0. The molecule has 0 spiro atoms. The molecule has 1 aliphatic heterocycles. The lowest BCUT2D eigenvalue weighted by molar-refractivity contribution is 0.0611. The van der Waals surface area contributed by atoms with Crippen LogP contribution in [0.3, 0.4) is 0 Å². The Morgan fingerprint density at radius 3 is 2.06 bits per heavy atom. The Kier molecular flexibility index (Phi) is 3.48. The van der Waals surface area contributed by atoms with E-state index >= 15 is 0 Å². The Hall–Kier alpha value is -1.68. The van der Waals surface area contributed by atoms with Crippen LogP contribution in [0.2, 0.25) is 0 Å². The summed E-state index contributed by atoms with van der Waals surface area (Å²) in [6.07, 6.45) is 0.156. The van der Waals surface area contributed by atoms with E-state index in [4.69, 9.17) is 0 Å². The summed E-state index contributed by atoms with van der Waals surface area (Å²) in [6.45, 7) is 3.99. The Labute approximate surface area is 106 Å². The highest BCUT2D eigenvalue weighted by molar-refractivity contribution is 6.21. The lowest BCUT2D eigenvalue weighted by Crippen LogP contribution is -2.34. The van der Waals surface area contributed by atoms with Crippen LogP contribution in [0.15, 0.2) is 24.3 Å². The predicted octanol–water partition coefficient (Wildman–Crippen LogP) is 1.69. The van der Waals surface area contributed by atoms with Crippen molar-refractivity contribution in [3.63, 3.8) is 0 Å². The number of fused-ring (bicyclic) bond motifs is 1. The van der Waals surface area contributed by atoms with E-state index in [-0.39, 0.29) is 17.7 Å². The Morgan fingerprint density at radius 1 is 1.11 bits per heavy atom. The monoisotopic (exact) mass is 247 g/mol. The molecule has 2 amide bonds. The molecule has 4 heteroatoms. The number of aliphatic hydroxyl groups is 1. The Morgan fingerprint density at radius 2 is 1.61 bits per heavy atom. The van der Waals surface area contributed by atoms with Gasteiger partial charge in [0, 0.05) is 6.54 Å². The van der Waals surface area contributed by atoms with E-state index in [9.17, 15) is 14.7 Å². The largest absolute Gasteiger partial charge is 0.393 e. The second-order valence-electron chi connectivity index (χ2n) is 4.96. The maximum absolute atomic E-state index is 12.1. The summed E-state index contributed by atoms with van der Waals surface area (Å²) in [5.74, 6) is -0.367. The quantitative estimate of drug-likeness (QED) is 0.824. The Balaban J connectivity index is 2.14. The first-order valence-electron chi connectivity index (χ1n) is 6.14. The van der Waals surface area contributed by atoms with Crippen molar-refractivity contribution in [1.82, 2.24) is 4.90 Å². The van der Waals surface area contributed by atoms with Gasteiger partial charge in [0.1, 0.15) is 0 Å². The first-order chi connectivity index (χ1) is 8.50. The van der Waals surface area contributed by atoms with Gasteiger partial charge >= 0.3 is 0 Å². The van der Waals surface area contributed by atoms with E-state index in [2.05, 4.69) is 0 Å². The topological polar surface area (TPSA) is 57.6 Å². The highest BCUT2D eigenvalue weighted by atomic mass is 16.3. The number of benzene rings is 1. The highest BCUT2D eigenvalue weighted by Gasteiger charge is 2.35. The summed E-state index contributed by atoms with van der Waals surface area (Å²) in [6, 6.07) is 6.86. The first kappa shape index (κ1) is 12.8. The summed E-state index contributed by atoms with van der Waals surface area (Å²) in [5, 5.41) is 9.31. The minimum Gasteiger partial charge on any atom is -0.393 e. The average molecular weight is 247 g/mol. The van der Waals surface area contributed by atoms with Gasteiger partial charge in [-0.1, -0.05) is 19.1 Å². The van der Waals surface area contributed by atoms with Crippen molar-refractivity contribution >= 4 is 11.8 Å². The highest BCUT2D eigenvalue weighted by Crippen LogP contribution is 2.24. The zero-order valence-electron chi connectivity index (χ0n) is 10.6. The van der Waals surface area contributed by atoms with Gasteiger partial charge in [-0.2, -0.15) is 0 Å². The standard InChI is InChI=1S/C14H17NO3/c1-9(7-10(2)16)8-15-13(17)11-5-3-4-6-12(11)14(15)18/h3-6,9-10,16H,7-8H2,1-2H3. The molecule has 0 saturated heterocycles. The predicted molar refractivity (Wildman–Crippen MR) is 67.3 cm³/mol. The molecule has 1 N–H and O–H groups in total. The molecular weight excluding hydrogens is 230 g/mol. The van der Waals surface area contributed by atoms with Gasteiger partial charge in [0.05, 0.1) is 17.2 Å². The van der Waals surface area contributed by atoms with E-state index in [1.165, 1.54) is 4.90 Å². The summed E-state index contributed by atoms with van der Waals surface area (Å²) in [7, 11) is 0. The van der Waals surface area contributed by atoms with Crippen LogP contribution >= 0.6 is 0 Å². The molecule has 96 valence electrons. The number of carbonyl (C=O) groups is 2. The van der Waals surface area contributed by atoms with Crippen LogP contribution in [0.25, 0.3) is 0 Å². The molecule has 2 atom stereocenters. The number of carbonyl (C=O) groups excluding carboxylic acids is 2. The van der Waals surface area contributed by atoms with Gasteiger partial charge in [-0.25, -0.2) is 0 Å². The fraction of sp³-hybridized carbons (Fsp3) is 0.429. The molecule has 1 heterocycles. The third kappa shape index (κ3) is 2.29. The average Bonchev–Trinajstić information content (AvgIpc) is 2.54. The van der Waals surface area contributed by atoms with Gasteiger partial charge in [0.15, 0.2) is 0 Å². The summed E-state index contributed by atoms with van der Waals surface area (Å²) in [5.41, 5.74) is 0.957. The zero-order chi connectivity index (χ0) is 13.3. The normalized spacial score (nSPS) is 17.8.